The lowest BCUT2D eigenvalue weighted by Crippen LogP contribution is -2.40. The van der Waals surface area contributed by atoms with E-state index in [1.165, 1.54) is 19.3 Å². The van der Waals surface area contributed by atoms with Gasteiger partial charge in [-0.05, 0) is 30.4 Å². The first-order valence-electron chi connectivity index (χ1n) is 6.79. The highest BCUT2D eigenvalue weighted by Gasteiger charge is 2.21. The van der Waals surface area contributed by atoms with Gasteiger partial charge in [-0.3, -0.25) is 4.79 Å². The van der Waals surface area contributed by atoms with Gasteiger partial charge >= 0.3 is 0 Å². The second-order valence-corrected chi connectivity index (χ2v) is 5.12. The Bertz CT molecular complexity index is 410. The van der Waals surface area contributed by atoms with E-state index in [0.717, 1.165) is 12.0 Å². The van der Waals surface area contributed by atoms with Gasteiger partial charge in [0.25, 0.3) is 0 Å². The Labute approximate surface area is 109 Å². The predicted octanol–water partition coefficient (Wildman–Crippen LogP) is 3.39. The largest absolute Gasteiger partial charge is 0.350 e. The summed E-state index contributed by atoms with van der Waals surface area (Å²) in [5.41, 5.74) is 1.06. The van der Waals surface area contributed by atoms with Gasteiger partial charge in [0, 0.05) is 12.1 Å². The summed E-state index contributed by atoms with van der Waals surface area (Å²) in [5.74, 6) is 0.630. The van der Waals surface area contributed by atoms with E-state index in [-0.39, 0.29) is 5.91 Å². The summed E-state index contributed by atoms with van der Waals surface area (Å²) >= 11 is 0. The number of nitrogens with one attached hydrogen (secondary N) is 1. The third-order valence-corrected chi connectivity index (χ3v) is 3.67. The standard InChI is InChI=1S/C16H21NO/c1-13-7-5-6-10-15(13)17-16(18)12-11-14-8-3-2-4-9-14/h2-4,8-9,11-13,15H,5-7,10H2,1H3,(H,17,18)/b12-11+/t13-,15+/m0/s1. The van der Waals surface area contributed by atoms with Crippen LogP contribution in [0.2, 0.25) is 0 Å². The normalized spacial score (nSPS) is 24.1. The summed E-state index contributed by atoms with van der Waals surface area (Å²) in [5, 5.41) is 3.11. The van der Waals surface area contributed by atoms with Crippen LogP contribution in [0, 0.1) is 5.92 Å². The Morgan fingerprint density at radius 1 is 1.22 bits per heavy atom. The van der Waals surface area contributed by atoms with Crippen LogP contribution in [0.25, 0.3) is 6.08 Å². The molecule has 0 aromatic heterocycles. The summed E-state index contributed by atoms with van der Waals surface area (Å²) in [7, 11) is 0. The molecule has 0 aliphatic heterocycles. The monoisotopic (exact) mass is 243 g/mol. The van der Waals surface area contributed by atoms with E-state index in [1.54, 1.807) is 6.08 Å². The number of carbonyl (C=O) groups is 1. The summed E-state index contributed by atoms with van der Waals surface area (Å²) in [4.78, 5) is 11.8. The average Bonchev–Trinajstić information content (AvgIpc) is 2.40. The van der Waals surface area contributed by atoms with Crippen LogP contribution in [0.5, 0.6) is 0 Å². The SMILES string of the molecule is C[C@H]1CCCC[C@H]1NC(=O)/C=C/c1ccccc1. The van der Waals surface area contributed by atoms with Gasteiger partial charge in [0.1, 0.15) is 0 Å². The zero-order valence-electron chi connectivity index (χ0n) is 10.9. The molecule has 2 rings (SSSR count). The van der Waals surface area contributed by atoms with E-state index in [0.29, 0.717) is 12.0 Å². The molecule has 2 heteroatoms. The van der Waals surface area contributed by atoms with Crippen LogP contribution in [0.15, 0.2) is 36.4 Å². The van der Waals surface area contributed by atoms with E-state index >= 15 is 0 Å². The molecule has 0 bridgehead atoms. The molecule has 0 heterocycles. The smallest absolute Gasteiger partial charge is 0.244 e. The molecule has 18 heavy (non-hydrogen) atoms. The highest BCUT2D eigenvalue weighted by atomic mass is 16.1. The van der Waals surface area contributed by atoms with Gasteiger partial charge in [-0.1, -0.05) is 50.1 Å². The molecule has 1 aromatic carbocycles. The Balaban J connectivity index is 1.86. The Hall–Kier alpha value is -1.57. The average molecular weight is 243 g/mol. The van der Waals surface area contributed by atoms with Crippen molar-refractivity contribution in [2.24, 2.45) is 5.92 Å². The molecule has 1 N–H and O–H groups in total. The van der Waals surface area contributed by atoms with E-state index in [9.17, 15) is 4.79 Å². The second-order valence-electron chi connectivity index (χ2n) is 5.12. The zero-order valence-corrected chi connectivity index (χ0v) is 10.9. The van der Waals surface area contributed by atoms with Crippen LogP contribution in [-0.4, -0.2) is 11.9 Å². The van der Waals surface area contributed by atoms with Crippen LogP contribution in [0.4, 0.5) is 0 Å². The number of benzene rings is 1. The fourth-order valence-electron chi connectivity index (χ4n) is 2.50. The molecule has 1 aliphatic carbocycles. The quantitative estimate of drug-likeness (QED) is 0.810. The van der Waals surface area contributed by atoms with Crippen LogP contribution < -0.4 is 5.32 Å². The molecule has 96 valence electrons. The minimum atomic E-state index is 0.0256. The molecule has 1 saturated carbocycles. The molecule has 1 fully saturated rings. The third-order valence-electron chi connectivity index (χ3n) is 3.67. The summed E-state index contributed by atoms with van der Waals surface area (Å²) in [6, 6.07) is 10.3. The van der Waals surface area contributed by atoms with Gasteiger partial charge in [-0.2, -0.15) is 0 Å². The number of hydrogen-bond donors (Lipinski definition) is 1. The molecule has 2 nitrogen and oxygen atoms in total. The fraction of sp³-hybridized carbons (Fsp3) is 0.438. The van der Waals surface area contributed by atoms with Crippen molar-refractivity contribution in [3.05, 3.63) is 42.0 Å². The van der Waals surface area contributed by atoms with E-state index in [4.69, 9.17) is 0 Å². The highest BCUT2D eigenvalue weighted by molar-refractivity contribution is 5.91. The van der Waals surface area contributed by atoms with Crippen LogP contribution >= 0.6 is 0 Å². The van der Waals surface area contributed by atoms with Gasteiger partial charge in [-0.25, -0.2) is 0 Å². The van der Waals surface area contributed by atoms with Crippen molar-refractivity contribution in [1.29, 1.82) is 0 Å². The maximum atomic E-state index is 11.8. The molecule has 1 amide bonds. The maximum absolute atomic E-state index is 11.8. The van der Waals surface area contributed by atoms with Gasteiger partial charge in [-0.15, -0.1) is 0 Å². The van der Waals surface area contributed by atoms with Crippen LogP contribution in [0.3, 0.4) is 0 Å². The van der Waals surface area contributed by atoms with E-state index in [1.807, 2.05) is 36.4 Å². The van der Waals surface area contributed by atoms with Crippen molar-refractivity contribution in [3.8, 4) is 0 Å². The lowest BCUT2D eigenvalue weighted by Gasteiger charge is -2.29. The third kappa shape index (κ3) is 3.73. The number of carbonyl (C=O) groups excluding carboxylic acids is 1. The summed E-state index contributed by atoms with van der Waals surface area (Å²) < 4.78 is 0. The van der Waals surface area contributed by atoms with Gasteiger partial charge in [0.05, 0.1) is 0 Å². The van der Waals surface area contributed by atoms with E-state index in [2.05, 4.69) is 12.2 Å². The van der Waals surface area contributed by atoms with Crippen molar-refractivity contribution in [3.63, 3.8) is 0 Å². The van der Waals surface area contributed by atoms with Crippen molar-refractivity contribution in [1.82, 2.24) is 5.32 Å². The van der Waals surface area contributed by atoms with Crippen molar-refractivity contribution in [2.45, 2.75) is 38.6 Å². The molecule has 0 spiro atoms. The molecule has 0 radical (unpaired) electrons. The molecular weight excluding hydrogens is 222 g/mol. The fourth-order valence-corrected chi connectivity index (χ4v) is 2.50. The summed E-state index contributed by atoms with van der Waals surface area (Å²) in [6.07, 6.45) is 8.38. The molecule has 1 aromatic rings. The molecule has 0 saturated heterocycles. The van der Waals surface area contributed by atoms with Crippen molar-refractivity contribution in [2.75, 3.05) is 0 Å². The van der Waals surface area contributed by atoms with Gasteiger partial charge in [0.2, 0.25) is 5.91 Å². The number of rotatable bonds is 3. The number of hydrogen-bond acceptors (Lipinski definition) is 1. The first kappa shape index (κ1) is 12.9. The minimum Gasteiger partial charge on any atom is -0.350 e. The Kier molecular flexibility index (Phi) is 4.57. The van der Waals surface area contributed by atoms with Crippen LogP contribution in [0.1, 0.15) is 38.2 Å². The first-order valence-corrected chi connectivity index (χ1v) is 6.79. The van der Waals surface area contributed by atoms with Crippen molar-refractivity contribution < 1.29 is 4.79 Å². The number of amides is 1. The minimum absolute atomic E-state index is 0.0256. The Morgan fingerprint density at radius 2 is 1.94 bits per heavy atom. The predicted molar refractivity (Wildman–Crippen MR) is 75.0 cm³/mol. The Morgan fingerprint density at radius 3 is 2.67 bits per heavy atom. The van der Waals surface area contributed by atoms with E-state index < -0.39 is 0 Å². The lowest BCUT2D eigenvalue weighted by atomic mass is 9.86. The van der Waals surface area contributed by atoms with Crippen LogP contribution in [-0.2, 0) is 4.79 Å². The highest BCUT2D eigenvalue weighted by Crippen LogP contribution is 2.23. The van der Waals surface area contributed by atoms with Gasteiger partial charge < -0.3 is 5.32 Å². The topological polar surface area (TPSA) is 29.1 Å². The summed E-state index contributed by atoms with van der Waals surface area (Å²) in [6.45, 7) is 2.23. The first-order chi connectivity index (χ1) is 8.75. The maximum Gasteiger partial charge on any atom is 0.244 e. The molecular formula is C16H21NO. The van der Waals surface area contributed by atoms with Crippen molar-refractivity contribution >= 4 is 12.0 Å². The molecule has 0 unspecified atom stereocenters. The lowest BCUT2D eigenvalue weighted by molar-refractivity contribution is -0.117. The van der Waals surface area contributed by atoms with Gasteiger partial charge in [0.15, 0.2) is 0 Å². The molecule has 1 aliphatic rings. The zero-order chi connectivity index (χ0) is 12.8. The second kappa shape index (κ2) is 6.39. The molecule has 2 atom stereocenters.